The predicted octanol–water partition coefficient (Wildman–Crippen LogP) is 6.54. The van der Waals surface area contributed by atoms with E-state index in [0.29, 0.717) is 31.7 Å². The monoisotopic (exact) mass is 484 g/mol. The van der Waals surface area contributed by atoms with Crippen molar-refractivity contribution in [2.24, 2.45) is 0 Å². The van der Waals surface area contributed by atoms with E-state index in [9.17, 15) is 9.59 Å². The van der Waals surface area contributed by atoms with Gasteiger partial charge in [0.1, 0.15) is 5.58 Å². The zero-order valence-electron chi connectivity index (χ0n) is 17.7. The molecule has 32 heavy (non-hydrogen) atoms. The number of benzene rings is 2. The van der Waals surface area contributed by atoms with Gasteiger partial charge in [-0.3, -0.25) is 14.5 Å². The number of aromatic nitrogens is 1. The second-order valence-corrected chi connectivity index (χ2v) is 9.99. The maximum Gasteiger partial charge on any atom is 0.297 e. The number of rotatable bonds is 2. The molecule has 0 bridgehead atoms. The fourth-order valence-corrected chi connectivity index (χ4v) is 5.23. The van der Waals surface area contributed by atoms with Gasteiger partial charge in [0.2, 0.25) is 5.76 Å². The van der Waals surface area contributed by atoms with Crippen molar-refractivity contribution in [3.63, 3.8) is 0 Å². The van der Waals surface area contributed by atoms with Gasteiger partial charge in [-0.2, -0.15) is 0 Å². The highest BCUT2D eigenvalue weighted by Gasteiger charge is 2.45. The van der Waals surface area contributed by atoms with Crippen molar-refractivity contribution in [3.8, 4) is 0 Å². The van der Waals surface area contributed by atoms with Crippen LogP contribution in [0.4, 0.5) is 5.13 Å². The van der Waals surface area contributed by atoms with Gasteiger partial charge in [-0.1, -0.05) is 29.3 Å². The highest BCUT2D eigenvalue weighted by atomic mass is 35.5. The van der Waals surface area contributed by atoms with Gasteiger partial charge < -0.3 is 4.42 Å². The first kappa shape index (κ1) is 21.2. The van der Waals surface area contributed by atoms with E-state index in [0.717, 1.165) is 21.7 Å². The Morgan fingerprint density at radius 2 is 1.72 bits per heavy atom. The van der Waals surface area contributed by atoms with Crippen molar-refractivity contribution in [3.05, 3.63) is 89.2 Å². The Kier molecular flexibility index (Phi) is 4.93. The standard InChI is InChI=1S/C24H18Cl2N2O3S/c1-10-7-15-18(8-11(10)2)31-22-19(21(15)29)20(14-5-6-16(25)17(26)9-14)28(23(22)30)24-27-12(3)13(4)32-24/h5-9,20H,1-4H3. The molecule has 1 unspecified atom stereocenters. The maximum atomic E-state index is 13.7. The van der Waals surface area contributed by atoms with E-state index in [-0.39, 0.29) is 16.8 Å². The fraction of sp³-hybridized carbons (Fsp3) is 0.208. The van der Waals surface area contributed by atoms with Crippen molar-refractivity contribution in [2.45, 2.75) is 33.7 Å². The van der Waals surface area contributed by atoms with E-state index in [4.69, 9.17) is 27.6 Å². The molecule has 0 saturated heterocycles. The summed E-state index contributed by atoms with van der Waals surface area (Å²) in [6.07, 6.45) is 0. The molecule has 3 heterocycles. The lowest BCUT2D eigenvalue weighted by Crippen LogP contribution is -2.29. The van der Waals surface area contributed by atoms with Gasteiger partial charge in [-0.15, -0.1) is 11.3 Å². The molecule has 0 radical (unpaired) electrons. The Balaban J connectivity index is 1.84. The van der Waals surface area contributed by atoms with Crippen molar-refractivity contribution < 1.29 is 9.21 Å². The number of hydrogen-bond donors (Lipinski definition) is 0. The van der Waals surface area contributed by atoms with Crippen molar-refractivity contribution >= 4 is 56.5 Å². The molecule has 0 spiro atoms. The van der Waals surface area contributed by atoms with Crippen molar-refractivity contribution in [1.82, 2.24) is 4.98 Å². The van der Waals surface area contributed by atoms with E-state index in [2.05, 4.69) is 4.98 Å². The molecule has 1 aliphatic rings. The Hall–Kier alpha value is -2.67. The fourth-order valence-electron chi connectivity index (χ4n) is 3.98. The predicted molar refractivity (Wildman–Crippen MR) is 129 cm³/mol. The lowest BCUT2D eigenvalue weighted by molar-refractivity contribution is 0.0971. The summed E-state index contributed by atoms with van der Waals surface area (Å²) >= 11 is 13.8. The minimum atomic E-state index is -0.723. The third kappa shape index (κ3) is 3.09. The lowest BCUT2D eigenvalue weighted by atomic mass is 9.97. The number of carbonyl (C=O) groups is 1. The van der Waals surface area contributed by atoms with Crippen LogP contribution in [0.15, 0.2) is 39.5 Å². The first-order valence-electron chi connectivity index (χ1n) is 9.98. The zero-order chi connectivity index (χ0) is 22.9. The van der Waals surface area contributed by atoms with Crippen LogP contribution >= 0.6 is 34.5 Å². The number of anilines is 1. The van der Waals surface area contributed by atoms with Crippen LogP contribution in [0.3, 0.4) is 0 Å². The van der Waals surface area contributed by atoms with E-state index in [1.54, 1.807) is 24.3 Å². The molecule has 4 aromatic rings. The third-order valence-electron chi connectivity index (χ3n) is 5.97. The summed E-state index contributed by atoms with van der Waals surface area (Å²) < 4.78 is 6.05. The number of amides is 1. The summed E-state index contributed by atoms with van der Waals surface area (Å²) in [5.41, 5.74) is 3.89. The molecule has 0 saturated carbocycles. The first-order valence-corrected chi connectivity index (χ1v) is 11.5. The molecule has 5 nitrogen and oxygen atoms in total. The first-order chi connectivity index (χ1) is 15.2. The van der Waals surface area contributed by atoms with Crippen molar-refractivity contribution in [2.75, 3.05) is 4.90 Å². The molecule has 1 atom stereocenters. The summed E-state index contributed by atoms with van der Waals surface area (Å²) in [6, 6.07) is 8.00. The van der Waals surface area contributed by atoms with Crippen LogP contribution in [0.2, 0.25) is 10.0 Å². The van der Waals surface area contributed by atoms with E-state index in [1.807, 2.05) is 33.8 Å². The number of thiazole rings is 1. The van der Waals surface area contributed by atoms with Gasteiger partial charge in [-0.25, -0.2) is 4.98 Å². The van der Waals surface area contributed by atoms with Crippen LogP contribution in [0.25, 0.3) is 11.0 Å². The van der Waals surface area contributed by atoms with E-state index < -0.39 is 11.9 Å². The summed E-state index contributed by atoms with van der Waals surface area (Å²) in [4.78, 5) is 34.4. The van der Waals surface area contributed by atoms with Crippen molar-refractivity contribution in [1.29, 1.82) is 0 Å². The van der Waals surface area contributed by atoms with Gasteiger partial charge in [0.15, 0.2) is 10.6 Å². The van der Waals surface area contributed by atoms with E-state index >= 15 is 0 Å². The average Bonchev–Trinajstić information content (AvgIpc) is 3.22. The summed E-state index contributed by atoms with van der Waals surface area (Å²) in [5, 5.41) is 1.68. The van der Waals surface area contributed by atoms with Crippen LogP contribution in [0, 0.1) is 27.7 Å². The highest BCUT2D eigenvalue weighted by Crippen LogP contribution is 2.44. The van der Waals surface area contributed by atoms with Crippen LogP contribution < -0.4 is 10.3 Å². The molecular weight excluding hydrogens is 467 g/mol. The Morgan fingerprint density at radius 1 is 1.00 bits per heavy atom. The summed E-state index contributed by atoms with van der Waals surface area (Å²) in [5.74, 6) is -0.366. The zero-order valence-corrected chi connectivity index (χ0v) is 20.1. The summed E-state index contributed by atoms with van der Waals surface area (Å²) in [7, 11) is 0. The number of carbonyl (C=O) groups excluding carboxylic acids is 1. The van der Waals surface area contributed by atoms with Gasteiger partial charge in [0, 0.05) is 4.88 Å². The van der Waals surface area contributed by atoms with Gasteiger partial charge in [-0.05, 0) is 68.7 Å². The molecule has 1 aliphatic heterocycles. The SMILES string of the molecule is Cc1cc2oc3c(c(=O)c2cc1C)C(c1ccc(Cl)c(Cl)c1)N(c1nc(C)c(C)s1)C3=O. The van der Waals surface area contributed by atoms with Gasteiger partial charge in [0.05, 0.1) is 32.7 Å². The molecule has 2 aromatic carbocycles. The largest absolute Gasteiger partial charge is 0.450 e. The second-order valence-electron chi connectivity index (χ2n) is 8.00. The second kappa shape index (κ2) is 7.44. The smallest absolute Gasteiger partial charge is 0.297 e. The average molecular weight is 485 g/mol. The quantitative estimate of drug-likeness (QED) is 0.324. The van der Waals surface area contributed by atoms with Crippen LogP contribution in [0.1, 0.15) is 49.4 Å². The minimum Gasteiger partial charge on any atom is -0.450 e. The number of nitrogens with zero attached hydrogens (tertiary/aromatic N) is 2. The topological polar surface area (TPSA) is 63.4 Å². The van der Waals surface area contributed by atoms with Crippen LogP contribution in [-0.4, -0.2) is 10.9 Å². The molecule has 5 rings (SSSR count). The molecule has 0 aliphatic carbocycles. The molecule has 162 valence electrons. The molecule has 1 amide bonds. The highest BCUT2D eigenvalue weighted by molar-refractivity contribution is 7.15. The van der Waals surface area contributed by atoms with Crippen LogP contribution in [-0.2, 0) is 0 Å². The number of hydrogen-bond acceptors (Lipinski definition) is 5. The molecule has 2 aromatic heterocycles. The number of halogens is 2. The molecule has 8 heteroatoms. The van der Waals surface area contributed by atoms with Gasteiger partial charge >= 0.3 is 0 Å². The molecular formula is C24H18Cl2N2O3S. The Labute approximate surface area is 198 Å². The minimum absolute atomic E-state index is 0.0346. The van der Waals surface area contributed by atoms with Gasteiger partial charge in [0.25, 0.3) is 5.91 Å². The Morgan fingerprint density at radius 3 is 2.38 bits per heavy atom. The van der Waals surface area contributed by atoms with Crippen LogP contribution in [0.5, 0.6) is 0 Å². The third-order valence-corrected chi connectivity index (χ3v) is 7.78. The molecule has 0 fully saturated rings. The molecule has 0 N–H and O–H groups in total. The number of fused-ring (bicyclic) bond motifs is 2. The number of aryl methyl sites for hydroxylation is 4. The normalized spacial score (nSPS) is 15.6. The lowest BCUT2D eigenvalue weighted by Gasteiger charge is -2.23. The maximum absolute atomic E-state index is 13.7. The van der Waals surface area contributed by atoms with E-state index in [1.165, 1.54) is 16.2 Å². The summed E-state index contributed by atoms with van der Waals surface area (Å²) in [6.45, 7) is 7.72. The Bertz CT molecular complexity index is 1490.